The zero-order valence-electron chi connectivity index (χ0n) is 14.3. The van der Waals surface area contributed by atoms with E-state index in [0.717, 1.165) is 12.8 Å². The van der Waals surface area contributed by atoms with Crippen LogP contribution in [0.5, 0.6) is 0 Å². The summed E-state index contributed by atoms with van der Waals surface area (Å²) in [4.78, 5) is 22.7. The molecule has 5 heteroatoms. The Kier molecular flexibility index (Phi) is 11.2. The lowest BCUT2D eigenvalue weighted by Gasteiger charge is -2.17. The monoisotopic (exact) mass is 311 g/mol. The van der Waals surface area contributed by atoms with Crippen LogP contribution in [0.1, 0.15) is 59.8 Å². The van der Waals surface area contributed by atoms with E-state index >= 15 is 0 Å². The summed E-state index contributed by atoms with van der Waals surface area (Å²) in [5.41, 5.74) is 0. The van der Waals surface area contributed by atoms with Crippen LogP contribution < -0.4 is 0 Å². The molecule has 1 aliphatic rings. The highest BCUT2D eigenvalue weighted by Crippen LogP contribution is 2.23. The molecule has 0 amide bonds. The lowest BCUT2D eigenvalue weighted by molar-refractivity contribution is -0.156. The van der Waals surface area contributed by atoms with Gasteiger partial charge in [-0.25, -0.2) is 0 Å². The van der Waals surface area contributed by atoms with Gasteiger partial charge in [-0.1, -0.05) is 26.7 Å². The van der Waals surface area contributed by atoms with Crippen LogP contribution in [0.3, 0.4) is 0 Å². The standard InChI is InChI=1S/C11H20O4.C6H9N/c1-5-14-10(12)7-9(8(3)4)11(13)15-6-2;7-5-6-3-1-2-4-6/h8-9H,5-7H2,1-4H3;6H,1-4H2. The third-order valence-electron chi connectivity index (χ3n) is 3.62. The highest BCUT2D eigenvalue weighted by molar-refractivity contribution is 5.80. The fraction of sp³-hybridized carbons (Fsp3) is 0.824. The van der Waals surface area contributed by atoms with Gasteiger partial charge in [0.1, 0.15) is 0 Å². The van der Waals surface area contributed by atoms with Crippen molar-refractivity contribution in [1.29, 1.82) is 5.26 Å². The van der Waals surface area contributed by atoms with E-state index in [1.807, 2.05) is 13.8 Å². The van der Waals surface area contributed by atoms with Gasteiger partial charge in [-0.05, 0) is 32.6 Å². The molecule has 1 rings (SSSR count). The molecule has 0 saturated heterocycles. The number of rotatable bonds is 6. The summed E-state index contributed by atoms with van der Waals surface area (Å²) in [6.45, 7) is 7.95. The van der Waals surface area contributed by atoms with E-state index in [4.69, 9.17) is 14.7 Å². The summed E-state index contributed by atoms with van der Waals surface area (Å²) in [6, 6.07) is 2.26. The molecule has 5 nitrogen and oxygen atoms in total. The van der Waals surface area contributed by atoms with Crippen molar-refractivity contribution in [3.05, 3.63) is 0 Å². The van der Waals surface area contributed by atoms with Crippen molar-refractivity contribution in [1.82, 2.24) is 0 Å². The first-order valence-corrected chi connectivity index (χ1v) is 8.18. The predicted octanol–water partition coefficient (Wildman–Crippen LogP) is 3.48. The maximum Gasteiger partial charge on any atom is 0.309 e. The van der Waals surface area contributed by atoms with Gasteiger partial charge in [0.15, 0.2) is 0 Å². The normalized spacial score (nSPS) is 15.5. The zero-order chi connectivity index (χ0) is 17.0. The molecule has 0 spiro atoms. The van der Waals surface area contributed by atoms with Crippen molar-refractivity contribution in [2.45, 2.75) is 59.8 Å². The minimum atomic E-state index is -0.399. The fourth-order valence-electron chi connectivity index (χ4n) is 2.29. The summed E-state index contributed by atoms with van der Waals surface area (Å²) in [7, 11) is 0. The second kappa shape index (κ2) is 12.0. The second-order valence-corrected chi connectivity index (χ2v) is 5.72. The van der Waals surface area contributed by atoms with Gasteiger partial charge in [-0.2, -0.15) is 5.26 Å². The molecule has 22 heavy (non-hydrogen) atoms. The Balaban J connectivity index is 0.000000518. The minimum absolute atomic E-state index is 0.0773. The molecule has 126 valence electrons. The van der Waals surface area contributed by atoms with Crippen molar-refractivity contribution in [2.75, 3.05) is 13.2 Å². The Labute approximate surface area is 134 Å². The number of nitriles is 1. The van der Waals surface area contributed by atoms with E-state index in [1.165, 1.54) is 12.8 Å². The molecule has 1 saturated carbocycles. The minimum Gasteiger partial charge on any atom is -0.466 e. The highest BCUT2D eigenvalue weighted by atomic mass is 16.5. The molecule has 0 N–H and O–H groups in total. The molecule has 0 aliphatic heterocycles. The molecular formula is C17H29NO4. The predicted molar refractivity (Wildman–Crippen MR) is 83.8 cm³/mol. The molecule has 1 atom stereocenters. The van der Waals surface area contributed by atoms with E-state index in [9.17, 15) is 9.59 Å². The van der Waals surface area contributed by atoms with Crippen LogP contribution in [0.4, 0.5) is 0 Å². The average Bonchev–Trinajstić information content (AvgIpc) is 2.99. The van der Waals surface area contributed by atoms with Gasteiger partial charge in [0.05, 0.1) is 31.6 Å². The van der Waals surface area contributed by atoms with Crippen LogP contribution in [-0.4, -0.2) is 25.2 Å². The Hall–Kier alpha value is -1.57. The largest absolute Gasteiger partial charge is 0.466 e. The van der Waals surface area contributed by atoms with Gasteiger partial charge in [0, 0.05) is 5.92 Å². The second-order valence-electron chi connectivity index (χ2n) is 5.72. The third-order valence-corrected chi connectivity index (χ3v) is 3.62. The van der Waals surface area contributed by atoms with E-state index in [0.29, 0.717) is 19.1 Å². The first kappa shape index (κ1) is 20.4. The van der Waals surface area contributed by atoms with Crippen LogP contribution in [0.25, 0.3) is 0 Å². The molecule has 0 aromatic carbocycles. The summed E-state index contributed by atoms with van der Waals surface area (Å²) < 4.78 is 9.70. The molecule has 0 bridgehead atoms. The summed E-state index contributed by atoms with van der Waals surface area (Å²) in [5.74, 6) is -0.581. The van der Waals surface area contributed by atoms with Gasteiger partial charge in [-0.15, -0.1) is 0 Å². The van der Waals surface area contributed by atoms with Crippen LogP contribution >= 0.6 is 0 Å². The van der Waals surface area contributed by atoms with Crippen LogP contribution in [0, 0.1) is 29.1 Å². The molecule has 0 aromatic rings. The highest BCUT2D eigenvalue weighted by Gasteiger charge is 2.26. The van der Waals surface area contributed by atoms with Crippen molar-refractivity contribution >= 4 is 11.9 Å². The molecule has 1 unspecified atom stereocenters. The molecule has 1 aliphatic carbocycles. The molecular weight excluding hydrogens is 282 g/mol. The van der Waals surface area contributed by atoms with Crippen molar-refractivity contribution in [2.24, 2.45) is 17.8 Å². The fourth-order valence-corrected chi connectivity index (χ4v) is 2.29. The van der Waals surface area contributed by atoms with E-state index in [-0.39, 0.29) is 24.3 Å². The van der Waals surface area contributed by atoms with Crippen molar-refractivity contribution in [3.63, 3.8) is 0 Å². The van der Waals surface area contributed by atoms with E-state index in [2.05, 4.69) is 6.07 Å². The first-order valence-electron chi connectivity index (χ1n) is 8.18. The maximum absolute atomic E-state index is 11.5. The Bertz CT molecular complexity index is 367. The lowest BCUT2D eigenvalue weighted by Crippen LogP contribution is -2.26. The van der Waals surface area contributed by atoms with E-state index < -0.39 is 5.92 Å². The average molecular weight is 311 g/mol. The zero-order valence-corrected chi connectivity index (χ0v) is 14.3. The molecule has 0 radical (unpaired) electrons. The number of nitrogens with zero attached hydrogens (tertiary/aromatic N) is 1. The van der Waals surface area contributed by atoms with Gasteiger partial charge in [0.2, 0.25) is 0 Å². The third kappa shape index (κ3) is 8.66. The Morgan fingerprint density at radius 3 is 2.05 bits per heavy atom. The SMILES string of the molecule is CCOC(=O)CC(C(=O)OCC)C(C)C.N#CC1CCCC1. The van der Waals surface area contributed by atoms with Gasteiger partial charge in [-0.3, -0.25) is 9.59 Å². The van der Waals surface area contributed by atoms with E-state index in [1.54, 1.807) is 13.8 Å². The number of carbonyl (C=O) groups is 2. The molecule has 0 heterocycles. The number of ether oxygens (including phenoxy) is 2. The Morgan fingerprint density at radius 2 is 1.68 bits per heavy atom. The lowest BCUT2D eigenvalue weighted by atomic mass is 9.93. The smallest absolute Gasteiger partial charge is 0.309 e. The van der Waals surface area contributed by atoms with Gasteiger partial charge < -0.3 is 9.47 Å². The number of carbonyl (C=O) groups excluding carboxylic acids is 2. The summed E-state index contributed by atoms with van der Waals surface area (Å²) in [6.07, 6.45) is 4.95. The summed E-state index contributed by atoms with van der Waals surface area (Å²) in [5, 5.41) is 8.32. The van der Waals surface area contributed by atoms with Crippen molar-refractivity contribution in [3.8, 4) is 6.07 Å². The van der Waals surface area contributed by atoms with Crippen LogP contribution in [0.2, 0.25) is 0 Å². The van der Waals surface area contributed by atoms with Gasteiger partial charge >= 0.3 is 11.9 Å². The van der Waals surface area contributed by atoms with Crippen molar-refractivity contribution < 1.29 is 19.1 Å². The molecule has 1 fully saturated rings. The van der Waals surface area contributed by atoms with Crippen LogP contribution in [0.15, 0.2) is 0 Å². The quantitative estimate of drug-likeness (QED) is 0.702. The molecule has 0 aromatic heterocycles. The maximum atomic E-state index is 11.5. The topological polar surface area (TPSA) is 76.4 Å². The number of esters is 2. The van der Waals surface area contributed by atoms with Gasteiger partial charge in [0.25, 0.3) is 0 Å². The summed E-state index contributed by atoms with van der Waals surface area (Å²) >= 11 is 0. The first-order chi connectivity index (χ1) is 10.5. The Morgan fingerprint density at radius 1 is 1.14 bits per heavy atom. The number of hydrogen-bond acceptors (Lipinski definition) is 5. The number of hydrogen-bond donors (Lipinski definition) is 0. The van der Waals surface area contributed by atoms with Crippen LogP contribution in [-0.2, 0) is 19.1 Å².